The zero-order valence-electron chi connectivity index (χ0n) is 25.1. The Hall–Kier alpha value is -3.61. The molecule has 0 aromatic heterocycles. The molecule has 14 heteroatoms. The van der Waals surface area contributed by atoms with Crippen molar-refractivity contribution in [2.75, 3.05) is 0 Å². The topological polar surface area (TPSA) is 112 Å². The summed E-state index contributed by atoms with van der Waals surface area (Å²) in [5.41, 5.74) is 0. The number of amides is 4. The predicted octanol–water partition coefficient (Wildman–Crippen LogP) is 1.71. The van der Waals surface area contributed by atoms with Gasteiger partial charge in [-0.05, 0) is 0 Å². The average Bonchev–Trinajstić information content (AvgIpc) is 3.95. The fraction of sp³-hybridized carbons (Fsp3) is 0.353. The van der Waals surface area contributed by atoms with Gasteiger partial charge in [0.15, 0.2) is 0 Å². The van der Waals surface area contributed by atoms with Gasteiger partial charge in [0, 0.05) is 0 Å². The molecular formula is C34H28F3N2O8Sb. The molecule has 0 N–H and O–H groups in total. The summed E-state index contributed by atoms with van der Waals surface area (Å²) in [7, 11) is 0. The van der Waals surface area contributed by atoms with Crippen molar-refractivity contribution in [3.63, 3.8) is 0 Å². The maximum atomic E-state index is 14.6. The minimum atomic E-state index is -6.93. The molecule has 0 radical (unpaired) electrons. The molecule has 3 aromatic rings. The van der Waals surface area contributed by atoms with Gasteiger partial charge in [-0.3, -0.25) is 0 Å². The molecule has 10 nitrogen and oxygen atoms in total. The zero-order valence-corrected chi connectivity index (χ0v) is 27.7. The molecule has 0 spiro atoms. The Balaban J connectivity index is 1.32. The van der Waals surface area contributed by atoms with E-state index in [1.807, 2.05) is 0 Å². The molecule has 3 aromatic carbocycles. The third-order valence-electron chi connectivity index (χ3n) is 10.8. The van der Waals surface area contributed by atoms with Crippen molar-refractivity contribution in [1.82, 2.24) is 10.1 Å². The van der Waals surface area contributed by atoms with E-state index in [-0.39, 0.29) is 10.5 Å². The van der Waals surface area contributed by atoms with E-state index in [0.717, 1.165) is 36.4 Å². The van der Waals surface area contributed by atoms with Gasteiger partial charge in [0.25, 0.3) is 0 Å². The van der Waals surface area contributed by atoms with E-state index >= 15 is 0 Å². The summed E-state index contributed by atoms with van der Waals surface area (Å²) >= 11 is -6.93. The normalized spacial score (nSPS) is 32.7. The molecule has 6 heterocycles. The molecule has 8 atom stereocenters. The van der Waals surface area contributed by atoms with Crippen LogP contribution in [0.4, 0.5) is 13.2 Å². The van der Waals surface area contributed by atoms with Gasteiger partial charge >= 0.3 is 275 Å². The van der Waals surface area contributed by atoms with E-state index in [1.165, 1.54) is 36.4 Å². The van der Waals surface area contributed by atoms with E-state index in [9.17, 15) is 32.3 Å². The van der Waals surface area contributed by atoms with E-state index < -0.39 is 107 Å². The first-order valence-corrected chi connectivity index (χ1v) is 21.8. The molecule has 6 aliphatic rings. The van der Waals surface area contributed by atoms with Gasteiger partial charge in [0.2, 0.25) is 0 Å². The number of carbonyl (C=O) groups excluding carboxylic acids is 4. The molecule has 0 aliphatic carbocycles. The van der Waals surface area contributed by atoms with Crippen LogP contribution in [0.15, 0.2) is 72.8 Å². The molecule has 48 heavy (non-hydrogen) atoms. The van der Waals surface area contributed by atoms with Gasteiger partial charge in [0.05, 0.1) is 0 Å². The molecule has 248 valence electrons. The van der Waals surface area contributed by atoms with Crippen LogP contribution in [0.1, 0.15) is 25.7 Å². The fourth-order valence-corrected chi connectivity index (χ4v) is 21.6. The minimum absolute atomic E-state index is 0.0798. The summed E-state index contributed by atoms with van der Waals surface area (Å²) in [5, 5.41) is 1.28. The van der Waals surface area contributed by atoms with Crippen molar-refractivity contribution >= 4 is 52.4 Å². The van der Waals surface area contributed by atoms with Gasteiger partial charge in [-0.15, -0.1) is 0 Å². The third kappa shape index (κ3) is 3.90. The van der Waals surface area contributed by atoms with E-state index in [0.29, 0.717) is 35.8 Å². The quantitative estimate of drug-likeness (QED) is 0.264. The molecule has 6 fully saturated rings. The van der Waals surface area contributed by atoms with Crippen molar-refractivity contribution in [3.05, 3.63) is 90.2 Å². The Morgan fingerprint density at radius 1 is 0.479 bits per heavy atom. The van der Waals surface area contributed by atoms with Crippen LogP contribution in [0.3, 0.4) is 0 Å². The molecule has 6 saturated heterocycles. The van der Waals surface area contributed by atoms with E-state index in [4.69, 9.17) is 15.7 Å². The van der Waals surface area contributed by atoms with Crippen LogP contribution in [-0.4, -0.2) is 76.4 Å². The number of benzene rings is 3. The van der Waals surface area contributed by atoms with Gasteiger partial charge in [-0.25, -0.2) is 0 Å². The first-order valence-electron chi connectivity index (χ1n) is 15.9. The Bertz CT molecular complexity index is 1660. The van der Waals surface area contributed by atoms with Crippen molar-refractivity contribution in [2.24, 2.45) is 23.7 Å². The number of nitrogens with zero attached hydrogens (tertiary/aromatic N) is 2. The number of ether oxygens (including phenoxy) is 2. The number of rotatable bonds is 7. The number of hydrogen-bond acceptors (Lipinski definition) is 8. The van der Waals surface area contributed by atoms with E-state index in [2.05, 4.69) is 0 Å². The van der Waals surface area contributed by atoms with Crippen LogP contribution in [-0.2, 0) is 34.9 Å². The summed E-state index contributed by atoms with van der Waals surface area (Å²) in [6, 6.07) is 14.5. The molecule has 6 aliphatic heterocycles. The number of halogens is 3. The van der Waals surface area contributed by atoms with Crippen LogP contribution in [0, 0.1) is 41.1 Å². The van der Waals surface area contributed by atoms with Crippen LogP contribution in [0.25, 0.3) is 0 Å². The zero-order chi connectivity index (χ0) is 33.1. The van der Waals surface area contributed by atoms with Crippen molar-refractivity contribution in [1.29, 1.82) is 0 Å². The number of hydrogen-bond donors (Lipinski definition) is 0. The number of hydroxylamine groups is 4. The van der Waals surface area contributed by atoms with Gasteiger partial charge in [0.1, 0.15) is 0 Å². The van der Waals surface area contributed by atoms with Crippen molar-refractivity contribution in [3.8, 4) is 0 Å². The average molecular weight is 771 g/mol. The summed E-state index contributed by atoms with van der Waals surface area (Å²) in [5.74, 6) is -8.13. The maximum absolute atomic E-state index is 14.6. The van der Waals surface area contributed by atoms with E-state index in [1.54, 1.807) is 0 Å². The number of carbonyl (C=O) groups is 4. The molecule has 4 unspecified atom stereocenters. The van der Waals surface area contributed by atoms with Crippen molar-refractivity contribution < 1.29 is 48.1 Å². The molecule has 4 amide bonds. The summed E-state index contributed by atoms with van der Waals surface area (Å²) < 4.78 is 69.8. The van der Waals surface area contributed by atoms with Gasteiger partial charge in [-0.1, -0.05) is 0 Å². The van der Waals surface area contributed by atoms with Crippen LogP contribution in [0.5, 0.6) is 0 Å². The third-order valence-corrected chi connectivity index (χ3v) is 24.1. The monoisotopic (exact) mass is 770 g/mol. The summed E-state index contributed by atoms with van der Waals surface area (Å²) in [6.07, 6.45) is 0.249. The Kier molecular flexibility index (Phi) is 6.63. The van der Waals surface area contributed by atoms with Crippen LogP contribution in [0.2, 0.25) is 0 Å². The molecular weight excluding hydrogens is 743 g/mol. The second-order valence-electron chi connectivity index (χ2n) is 13.2. The van der Waals surface area contributed by atoms with Gasteiger partial charge < -0.3 is 0 Å². The first kappa shape index (κ1) is 30.4. The molecule has 0 saturated carbocycles. The Labute approximate surface area is 273 Å². The summed E-state index contributed by atoms with van der Waals surface area (Å²) in [6.45, 7) is 0. The molecule has 9 rings (SSSR count). The standard InChI is InChI=1S/2C8H8NO4.3C6H4F.Sb/c2*10-7-5-3-1-2-4(13-3)6(5)8(11)9(7)12;3*7-6-4-2-1-3-5-6;/h2*3-6H,1-2H2;3*2-5H;/q2*-1;;;;+2/t2*3-,4+,5?,6?;;;;. The molecule has 4 bridgehead atoms. The SMILES string of the molecule is O=C1C2C(C(=O)N1[O][Sb]([O]N1C(=O)C3C(C1=O)[C@H]1CC[C@@H]3O1)([c]1ccc(F)cc1)([c]1ccc(F)cc1)[c]1ccc(F)cc1)[C@H]1CC[C@@H]2O1. The second-order valence-corrected chi connectivity index (χ2v) is 24.0. The second kappa shape index (κ2) is 10.4. The number of fused-ring (bicyclic) bond motifs is 10. The summed E-state index contributed by atoms with van der Waals surface area (Å²) in [4.78, 5) is 56.9. The Morgan fingerprint density at radius 3 is 0.979 bits per heavy atom. The van der Waals surface area contributed by atoms with Gasteiger partial charge in [-0.2, -0.15) is 0 Å². The van der Waals surface area contributed by atoms with Crippen LogP contribution >= 0.6 is 0 Å². The Morgan fingerprint density at radius 2 is 0.729 bits per heavy atom. The predicted molar refractivity (Wildman–Crippen MR) is 159 cm³/mol. The first-order chi connectivity index (χ1) is 23.1. The number of imide groups is 2. The van der Waals surface area contributed by atoms with Crippen LogP contribution < -0.4 is 10.5 Å². The van der Waals surface area contributed by atoms with Crippen molar-refractivity contribution in [2.45, 2.75) is 50.1 Å². The fourth-order valence-electron chi connectivity index (χ4n) is 8.72.